The van der Waals surface area contributed by atoms with E-state index in [1.54, 1.807) is 11.8 Å². The second-order valence-corrected chi connectivity index (χ2v) is 4.01. The topological polar surface area (TPSA) is 40.5 Å². The van der Waals surface area contributed by atoms with Gasteiger partial charge in [0.25, 0.3) is 0 Å². The second kappa shape index (κ2) is 4.38. The van der Waals surface area contributed by atoms with Gasteiger partial charge in [-0.3, -0.25) is 4.79 Å². The van der Waals surface area contributed by atoms with Crippen molar-refractivity contribution in [3.63, 3.8) is 0 Å². The fourth-order valence-corrected chi connectivity index (χ4v) is 1.60. The summed E-state index contributed by atoms with van der Waals surface area (Å²) in [7, 11) is 0. The lowest BCUT2D eigenvalue weighted by molar-refractivity contribution is -0.150. The van der Waals surface area contributed by atoms with E-state index in [1.807, 2.05) is 0 Å². The van der Waals surface area contributed by atoms with E-state index in [-0.39, 0.29) is 12.5 Å². The molecule has 0 radical (unpaired) electrons. The van der Waals surface area contributed by atoms with E-state index in [0.717, 1.165) is 0 Å². The first-order chi connectivity index (χ1) is 6.79. The van der Waals surface area contributed by atoms with Gasteiger partial charge in [0.2, 0.25) is 0 Å². The number of carbonyl (C=O) groups is 1. The highest BCUT2D eigenvalue weighted by Crippen LogP contribution is 2.26. The number of alkyl halides is 3. The number of carboxylic acid groups (broad SMARTS) is 1. The standard InChI is InChI=1S/C9H14F3NO2/c1-6(8(14)15)7-4-13(5-7)3-2-9(10,11)12/h6-7H,2-5H2,1H3,(H,14,15). The van der Waals surface area contributed by atoms with Crippen LogP contribution in [0.2, 0.25) is 0 Å². The van der Waals surface area contributed by atoms with Crippen LogP contribution in [0, 0.1) is 11.8 Å². The molecule has 1 saturated heterocycles. The highest BCUT2D eigenvalue weighted by atomic mass is 19.4. The van der Waals surface area contributed by atoms with E-state index in [9.17, 15) is 18.0 Å². The normalized spacial score (nSPS) is 21.1. The van der Waals surface area contributed by atoms with Gasteiger partial charge >= 0.3 is 12.1 Å². The second-order valence-electron chi connectivity index (χ2n) is 4.01. The number of aliphatic carboxylic acids is 1. The average molecular weight is 225 g/mol. The predicted molar refractivity (Wildman–Crippen MR) is 47.4 cm³/mol. The molecule has 0 amide bonds. The summed E-state index contributed by atoms with van der Waals surface area (Å²) in [6.45, 7) is 2.49. The summed E-state index contributed by atoms with van der Waals surface area (Å²) in [5, 5.41) is 8.66. The first-order valence-electron chi connectivity index (χ1n) is 4.81. The molecule has 88 valence electrons. The van der Waals surface area contributed by atoms with Crippen LogP contribution in [-0.4, -0.2) is 41.8 Å². The van der Waals surface area contributed by atoms with Gasteiger partial charge in [0, 0.05) is 19.6 Å². The van der Waals surface area contributed by atoms with Crippen LogP contribution in [0.3, 0.4) is 0 Å². The third kappa shape index (κ3) is 3.70. The van der Waals surface area contributed by atoms with Crippen molar-refractivity contribution in [1.29, 1.82) is 0 Å². The summed E-state index contributed by atoms with van der Waals surface area (Å²) in [5.41, 5.74) is 0. The Morgan fingerprint density at radius 3 is 2.47 bits per heavy atom. The van der Waals surface area contributed by atoms with Crippen molar-refractivity contribution in [1.82, 2.24) is 4.90 Å². The van der Waals surface area contributed by atoms with Crippen molar-refractivity contribution in [3.05, 3.63) is 0 Å². The molecule has 0 aromatic heterocycles. The molecule has 6 heteroatoms. The summed E-state index contributed by atoms with van der Waals surface area (Å²) < 4.78 is 35.5. The van der Waals surface area contributed by atoms with Crippen LogP contribution in [0.1, 0.15) is 13.3 Å². The minimum absolute atomic E-state index is 0.00395. The Labute approximate surface area is 85.9 Å². The van der Waals surface area contributed by atoms with Crippen LogP contribution in [0.15, 0.2) is 0 Å². The van der Waals surface area contributed by atoms with Gasteiger partial charge in [0.1, 0.15) is 0 Å². The van der Waals surface area contributed by atoms with Gasteiger partial charge in [-0.15, -0.1) is 0 Å². The predicted octanol–water partition coefficient (Wildman–Crippen LogP) is 1.59. The Kier molecular flexibility index (Phi) is 3.59. The number of hydrogen-bond acceptors (Lipinski definition) is 2. The van der Waals surface area contributed by atoms with E-state index < -0.39 is 24.5 Å². The van der Waals surface area contributed by atoms with E-state index >= 15 is 0 Å². The van der Waals surface area contributed by atoms with Crippen molar-refractivity contribution < 1.29 is 23.1 Å². The molecule has 1 N–H and O–H groups in total. The number of carboxylic acids is 1. The van der Waals surface area contributed by atoms with Gasteiger partial charge in [-0.1, -0.05) is 6.92 Å². The zero-order chi connectivity index (χ0) is 11.6. The molecule has 0 bridgehead atoms. The maximum Gasteiger partial charge on any atom is 0.390 e. The Morgan fingerprint density at radius 1 is 1.53 bits per heavy atom. The number of hydrogen-bond donors (Lipinski definition) is 1. The number of likely N-dealkylation sites (tertiary alicyclic amines) is 1. The van der Waals surface area contributed by atoms with Crippen LogP contribution in [-0.2, 0) is 4.79 Å². The lowest BCUT2D eigenvalue weighted by Gasteiger charge is -2.41. The smallest absolute Gasteiger partial charge is 0.390 e. The van der Waals surface area contributed by atoms with E-state index in [1.165, 1.54) is 0 Å². The van der Waals surface area contributed by atoms with Crippen molar-refractivity contribution in [2.45, 2.75) is 19.5 Å². The monoisotopic (exact) mass is 225 g/mol. The molecule has 0 spiro atoms. The first kappa shape index (κ1) is 12.3. The average Bonchev–Trinajstić information content (AvgIpc) is 1.98. The molecule has 1 aliphatic heterocycles. The molecule has 1 fully saturated rings. The van der Waals surface area contributed by atoms with E-state index in [0.29, 0.717) is 13.1 Å². The molecular formula is C9H14F3NO2. The maximum atomic E-state index is 11.8. The summed E-state index contributed by atoms with van der Waals surface area (Å²) in [6, 6.07) is 0. The summed E-state index contributed by atoms with van der Waals surface area (Å²) in [5.74, 6) is -1.35. The summed E-state index contributed by atoms with van der Waals surface area (Å²) in [6.07, 6.45) is -4.94. The lowest BCUT2D eigenvalue weighted by atomic mass is 9.87. The number of rotatable bonds is 4. The third-order valence-corrected chi connectivity index (χ3v) is 2.79. The third-order valence-electron chi connectivity index (χ3n) is 2.79. The van der Waals surface area contributed by atoms with Crippen molar-refractivity contribution in [2.24, 2.45) is 11.8 Å². The molecule has 3 nitrogen and oxygen atoms in total. The molecule has 1 atom stereocenters. The molecule has 0 aromatic carbocycles. The molecule has 1 rings (SSSR count). The molecule has 0 aliphatic carbocycles. The van der Waals surface area contributed by atoms with Crippen molar-refractivity contribution in [2.75, 3.05) is 19.6 Å². The molecule has 0 aromatic rings. The van der Waals surface area contributed by atoms with Crippen LogP contribution in [0.25, 0.3) is 0 Å². The zero-order valence-corrected chi connectivity index (χ0v) is 8.42. The molecule has 1 unspecified atom stereocenters. The fourth-order valence-electron chi connectivity index (χ4n) is 1.60. The maximum absolute atomic E-state index is 11.8. The lowest BCUT2D eigenvalue weighted by Crippen LogP contribution is -2.51. The van der Waals surface area contributed by atoms with Crippen molar-refractivity contribution >= 4 is 5.97 Å². The van der Waals surface area contributed by atoms with Crippen LogP contribution >= 0.6 is 0 Å². The Morgan fingerprint density at radius 2 is 2.07 bits per heavy atom. The molecule has 1 heterocycles. The minimum Gasteiger partial charge on any atom is -0.481 e. The first-order valence-corrected chi connectivity index (χ1v) is 4.81. The van der Waals surface area contributed by atoms with Gasteiger partial charge in [-0.2, -0.15) is 13.2 Å². The Balaban J connectivity index is 2.18. The molecule has 0 saturated carbocycles. The van der Waals surface area contributed by atoms with Gasteiger partial charge in [-0.05, 0) is 5.92 Å². The SMILES string of the molecule is CC(C(=O)O)C1CN(CCC(F)(F)F)C1. The highest BCUT2D eigenvalue weighted by Gasteiger charge is 2.36. The van der Waals surface area contributed by atoms with Crippen molar-refractivity contribution in [3.8, 4) is 0 Å². The van der Waals surface area contributed by atoms with Crippen LogP contribution in [0.4, 0.5) is 13.2 Å². The quantitative estimate of drug-likeness (QED) is 0.789. The van der Waals surface area contributed by atoms with Crippen LogP contribution in [0.5, 0.6) is 0 Å². The minimum atomic E-state index is -4.12. The van der Waals surface area contributed by atoms with E-state index in [4.69, 9.17) is 5.11 Å². The number of halogens is 3. The summed E-state index contributed by atoms with van der Waals surface area (Å²) in [4.78, 5) is 12.2. The largest absolute Gasteiger partial charge is 0.481 e. The van der Waals surface area contributed by atoms with Gasteiger partial charge < -0.3 is 10.0 Å². The molecule has 15 heavy (non-hydrogen) atoms. The fraction of sp³-hybridized carbons (Fsp3) is 0.889. The van der Waals surface area contributed by atoms with E-state index in [2.05, 4.69) is 0 Å². The zero-order valence-electron chi connectivity index (χ0n) is 8.42. The van der Waals surface area contributed by atoms with Gasteiger partial charge in [0.05, 0.1) is 12.3 Å². The van der Waals surface area contributed by atoms with Crippen LogP contribution < -0.4 is 0 Å². The highest BCUT2D eigenvalue weighted by molar-refractivity contribution is 5.70. The molecule has 1 aliphatic rings. The van der Waals surface area contributed by atoms with Gasteiger partial charge in [0.15, 0.2) is 0 Å². The summed E-state index contributed by atoms with van der Waals surface area (Å²) >= 11 is 0. The number of nitrogens with zero attached hydrogens (tertiary/aromatic N) is 1. The Hall–Kier alpha value is -0.780. The van der Waals surface area contributed by atoms with Gasteiger partial charge in [-0.25, -0.2) is 0 Å². The molecular weight excluding hydrogens is 211 g/mol. The Bertz CT molecular complexity index is 236.